The number of rotatable bonds is 6. The number of pyridine rings is 1. The molecule has 1 aliphatic heterocycles. The van der Waals surface area contributed by atoms with Gasteiger partial charge >= 0.3 is 0 Å². The summed E-state index contributed by atoms with van der Waals surface area (Å²) >= 11 is 0. The molecule has 3 rings (SSSR count). The molecule has 0 atom stereocenters. The second-order valence-electron chi connectivity index (χ2n) is 11.3. The third-order valence-corrected chi connectivity index (χ3v) is 6.37. The van der Waals surface area contributed by atoms with E-state index in [4.69, 9.17) is 14.5 Å². The lowest BCUT2D eigenvalue weighted by Gasteiger charge is -2.36. The number of benzene rings is 1. The summed E-state index contributed by atoms with van der Waals surface area (Å²) in [6.45, 7) is 13.7. The van der Waals surface area contributed by atoms with E-state index in [-0.39, 0.29) is 22.6 Å². The molecule has 1 saturated heterocycles. The highest BCUT2D eigenvalue weighted by Gasteiger charge is 2.41. The number of methoxy groups -OCH3 is 1. The van der Waals surface area contributed by atoms with Gasteiger partial charge in [0.25, 0.3) is 5.91 Å². The highest BCUT2D eigenvalue weighted by Crippen LogP contribution is 2.28. The summed E-state index contributed by atoms with van der Waals surface area (Å²) < 4.78 is 10.7. The fraction of sp³-hybridized carbons (Fsp3) is 0.536. The molecule has 35 heavy (non-hydrogen) atoms. The highest BCUT2D eigenvalue weighted by atomic mass is 16.5. The Kier molecular flexibility index (Phi) is 7.90. The van der Waals surface area contributed by atoms with E-state index in [0.717, 1.165) is 22.7 Å². The molecule has 1 aromatic heterocycles. The van der Waals surface area contributed by atoms with Crippen LogP contribution in [0.1, 0.15) is 81.7 Å². The van der Waals surface area contributed by atoms with Gasteiger partial charge in [-0.2, -0.15) is 0 Å². The van der Waals surface area contributed by atoms with Crippen molar-refractivity contribution in [3.63, 3.8) is 0 Å². The third kappa shape index (κ3) is 6.60. The van der Waals surface area contributed by atoms with Crippen LogP contribution in [0.2, 0.25) is 0 Å². The number of carbonyl (C=O) groups is 2. The molecule has 2 aromatic rings. The van der Waals surface area contributed by atoms with Crippen molar-refractivity contribution in [2.75, 3.05) is 20.3 Å². The van der Waals surface area contributed by atoms with E-state index >= 15 is 0 Å². The molecule has 2 heterocycles. The fourth-order valence-electron chi connectivity index (χ4n) is 3.94. The second-order valence-corrected chi connectivity index (χ2v) is 11.3. The van der Waals surface area contributed by atoms with E-state index in [0.29, 0.717) is 38.2 Å². The van der Waals surface area contributed by atoms with Crippen molar-refractivity contribution in [1.29, 1.82) is 0 Å². The van der Waals surface area contributed by atoms with Gasteiger partial charge in [-0.05, 0) is 29.8 Å². The maximum Gasteiger partial charge on any atom is 0.252 e. The monoisotopic (exact) mass is 481 g/mol. The molecule has 1 aliphatic rings. The lowest BCUT2D eigenvalue weighted by molar-refractivity contribution is -0.131. The molecule has 190 valence electrons. The summed E-state index contributed by atoms with van der Waals surface area (Å²) in [6.07, 6.45) is 0.826. The Morgan fingerprint density at radius 1 is 0.971 bits per heavy atom. The molecule has 0 aliphatic carbocycles. The van der Waals surface area contributed by atoms with E-state index in [1.54, 1.807) is 7.11 Å². The van der Waals surface area contributed by atoms with Crippen molar-refractivity contribution in [2.45, 2.75) is 77.3 Å². The zero-order valence-corrected chi connectivity index (χ0v) is 22.1. The third-order valence-electron chi connectivity index (χ3n) is 6.37. The smallest absolute Gasteiger partial charge is 0.252 e. The fourth-order valence-corrected chi connectivity index (χ4v) is 3.94. The normalized spacial score (nSPS) is 15.9. The Hall–Kier alpha value is -2.93. The predicted molar refractivity (Wildman–Crippen MR) is 137 cm³/mol. The molecule has 0 saturated carbocycles. The SMILES string of the molecule is COc1ccc(CNC(=O)C2(NC(=O)c3cc(C(C)(C)C)nc(C(C)(C)C)c3)CCOCC2)cc1. The number of hydrogen-bond donors (Lipinski definition) is 2. The average molecular weight is 482 g/mol. The van der Waals surface area contributed by atoms with Crippen molar-refractivity contribution < 1.29 is 19.1 Å². The lowest BCUT2D eigenvalue weighted by atomic mass is 9.85. The number of hydrogen-bond acceptors (Lipinski definition) is 5. The zero-order valence-electron chi connectivity index (χ0n) is 22.1. The maximum atomic E-state index is 13.6. The van der Waals surface area contributed by atoms with Crippen molar-refractivity contribution in [2.24, 2.45) is 0 Å². The minimum Gasteiger partial charge on any atom is -0.497 e. The van der Waals surface area contributed by atoms with Crippen LogP contribution in [-0.4, -0.2) is 42.7 Å². The molecular formula is C28H39N3O4. The van der Waals surface area contributed by atoms with Crippen LogP contribution in [-0.2, 0) is 26.9 Å². The predicted octanol–water partition coefficient (Wildman–Crippen LogP) is 4.28. The first-order valence-corrected chi connectivity index (χ1v) is 12.2. The Morgan fingerprint density at radius 2 is 1.51 bits per heavy atom. The van der Waals surface area contributed by atoms with Gasteiger partial charge in [-0.15, -0.1) is 0 Å². The van der Waals surface area contributed by atoms with Crippen LogP contribution in [0.15, 0.2) is 36.4 Å². The lowest BCUT2D eigenvalue weighted by Crippen LogP contribution is -2.61. The molecule has 0 spiro atoms. The number of nitrogens with zero attached hydrogens (tertiary/aromatic N) is 1. The molecule has 2 N–H and O–H groups in total. The summed E-state index contributed by atoms with van der Waals surface area (Å²) in [5, 5.41) is 6.09. The molecule has 7 heteroatoms. The first-order chi connectivity index (χ1) is 16.3. The Labute approximate surface area is 209 Å². The zero-order chi connectivity index (χ0) is 25.9. The van der Waals surface area contributed by atoms with Crippen LogP contribution in [0.4, 0.5) is 0 Å². The molecule has 1 fully saturated rings. The van der Waals surface area contributed by atoms with E-state index in [2.05, 4.69) is 52.2 Å². The number of aromatic nitrogens is 1. The van der Waals surface area contributed by atoms with Crippen molar-refractivity contribution in [3.05, 3.63) is 58.9 Å². The summed E-state index contributed by atoms with van der Waals surface area (Å²) in [4.78, 5) is 31.8. The van der Waals surface area contributed by atoms with Crippen molar-refractivity contribution >= 4 is 11.8 Å². The minimum absolute atomic E-state index is 0.203. The van der Waals surface area contributed by atoms with Crippen LogP contribution < -0.4 is 15.4 Å². The van der Waals surface area contributed by atoms with Gasteiger partial charge in [0.05, 0.1) is 7.11 Å². The van der Waals surface area contributed by atoms with Crippen LogP contribution in [0.3, 0.4) is 0 Å². The quantitative estimate of drug-likeness (QED) is 0.643. The van der Waals surface area contributed by atoms with Gasteiger partial charge < -0.3 is 20.1 Å². The van der Waals surface area contributed by atoms with Crippen molar-refractivity contribution in [3.8, 4) is 5.75 Å². The maximum absolute atomic E-state index is 13.6. The van der Waals surface area contributed by atoms with Gasteiger partial charge in [0.1, 0.15) is 11.3 Å². The molecular weight excluding hydrogens is 442 g/mol. The minimum atomic E-state index is -1.03. The largest absolute Gasteiger partial charge is 0.497 e. The number of ether oxygens (including phenoxy) is 2. The standard InChI is InChI=1S/C28H39N3O4/c1-26(2,3)22-16-20(17-23(30-22)27(4,5)6)24(32)31-28(12-14-35-15-13-28)25(33)29-18-19-8-10-21(34-7)11-9-19/h8-11,16-17H,12-15,18H2,1-7H3,(H,29,33)(H,31,32). The molecule has 2 amide bonds. The van der Waals surface area contributed by atoms with Crippen LogP contribution in [0, 0.1) is 0 Å². The first-order valence-electron chi connectivity index (χ1n) is 12.2. The summed E-state index contributed by atoms with van der Waals surface area (Å²) in [5.41, 5.74) is 1.69. The topological polar surface area (TPSA) is 89.6 Å². The van der Waals surface area contributed by atoms with Crippen molar-refractivity contribution in [1.82, 2.24) is 15.6 Å². The molecule has 0 unspecified atom stereocenters. The number of nitrogens with one attached hydrogen (secondary N) is 2. The van der Waals surface area contributed by atoms with E-state index in [1.165, 1.54) is 0 Å². The first kappa shape index (κ1) is 26.7. The van der Waals surface area contributed by atoms with E-state index in [9.17, 15) is 9.59 Å². The summed E-state index contributed by atoms with van der Waals surface area (Å²) in [5.74, 6) is 0.283. The highest BCUT2D eigenvalue weighted by molar-refractivity contribution is 5.99. The number of amides is 2. The van der Waals surface area contributed by atoms with Gasteiger partial charge in [0, 0.05) is 60.4 Å². The van der Waals surface area contributed by atoms with Gasteiger partial charge in [0.15, 0.2) is 0 Å². The van der Waals surface area contributed by atoms with Gasteiger partial charge in [0.2, 0.25) is 5.91 Å². The van der Waals surface area contributed by atoms with Gasteiger partial charge in [-0.25, -0.2) is 0 Å². The Morgan fingerprint density at radius 3 is 2.00 bits per heavy atom. The molecule has 1 aromatic carbocycles. The number of carbonyl (C=O) groups excluding carboxylic acids is 2. The van der Waals surface area contributed by atoms with Crippen LogP contribution in [0.25, 0.3) is 0 Å². The van der Waals surface area contributed by atoms with Crippen LogP contribution >= 0.6 is 0 Å². The van der Waals surface area contributed by atoms with Gasteiger partial charge in [-0.1, -0.05) is 53.7 Å². The second kappa shape index (κ2) is 10.4. The summed E-state index contributed by atoms with van der Waals surface area (Å²) in [7, 11) is 1.62. The van der Waals surface area contributed by atoms with E-state index < -0.39 is 5.54 Å². The molecule has 0 radical (unpaired) electrons. The Balaban J connectivity index is 1.84. The Bertz CT molecular complexity index is 1010. The van der Waals surface area contributed by atoms with Crippen LogP contribution in [0.5, 0.6) is 5.75 Å². The average Bonchev–Trinajstić information content (AvgIpc) is 2.82. The molecule has 7 nitrogen and oxygen atoms in total. The molecule has 0 bridgehead atoms. The van der Waals surface area contributed by atoms with Gasteiger partial charge in [-0.3, -0.25) is 14.6 Å². The summed E-state index contributed by atoms with van der Waals surface area (Å²) in [6, 6.07) is 11.2. The van der Waals surface area contributed by atoms with E-state index in [1.807, 2.05) is 36.4 Å².